The molecule has 2 N–H and O–H groups in total. The van der Waals surface area contributed by atoms with Crippen molar-refractivity contribution in [1.29, 1.82) is 0 Å². The Labute approximate surface area is 255 Å². The van der Waals surface area contributed by atoms with E-state index >= 15 is 0 Å². The van der Waals surface area contributed by atoms with Gasteiger partial charge in [-0.2, -0.15) is 0 Å². The zero-order valence-electron chi connectivity index (χ0n) is 25.7. The minimum atomic E-state index is -1.05. The molecule has 0 radical (unpaired) electrons. The number of carboxylic acid groups (broad SMARTS) is 1. The van der Waals surface area contributed by atoms with Crippen molar-refractivity contribution in [2.45, 2.75) is 76.2 Å². The zero-order valence-corrected chi connectivity index (χ0v) is 25.7. The molecule has 1 aliphatic heterocycles. The molecule has 7 heteroatoms. The van der Waals surface area contributed by atoms with E-state index in [0.717, 1.165) is 60.1 Å². The predicted octanol–water partition coefficient (Wildman–Crippen LogP) is 6.48. The molecule has 228 valence electrons. The van der Waals surface area contributed by atoms with Gasteiger partial charge in [-0.3, -0.25) is 4.79 Å². The molecule has 5 rings (SSSR count). The standard InChI is InChI=1S/C36H44N2O5/c1-36(2,43-4)30-31(37-23-28-22-27(20-21-29(28)42-3)24-14-8-5-9-15-24)32(25-16-10-6-11-17-25)38(33(30)35(40)41)34(39)26-18-12-7-13-19-26/h5-6,8-11,14-17,20-22,26,30-33,37H,7,12-13,18-19,23H2,1-4H3,(H,40,41)/t30-,31-,32-,33-/m0/s1. The van der Waals surface area contributed by atoms with E-state index in [4.69, 9.17) is 9.47 Å². The number of carboxylic acids is 1. The Bertz CT molecular complexity index is 1390. The lowest BCUT2D eigenvalue weighted by Gasteiger charge is -2.37. The van der Waals surface area contributed by atoms with Crippen LogP contribution in [-0.2, 0) is 20.9 Å². The summed E-state index contributed by atoms with van der Waals surface area (Å²) in [6.07, 6.45) is 4.68. The molecule has 43 heavy (non-hydrogen) atoms. The number of carbonyl (C=O) groups excluding carboxylic acids is 1. The minimum absolute atomic E-state index is 0.0641. The molecule has 3 aromatic rings. The summed E-state index contributed by atoms with van der Waals surface area (Å²) < 4.78 is 11.8. The molecule has 0 bridgehead atoms. The Morgan fingerprint density at radius 3 is 2.16 bits per heavy atom. The highest BCUT2D eigenvalue weighted by Gasteiger charge is 2.59. The molecule has 1 amide bonds. The van der Waals surface area contributed by atoms with E-state index in [2.05, 4.69) is 23.5 Å². The number of amides is 1. The van der Waals surface area contributed by atoms with Gasteiger partial charge in [-0.05, 0) is 55.5 Å². The summed E-state index contributed by atoms with van der Waals surface area (Å²) >= 11 is 0. The number of hydrogen-bond donors (Lipinski definition) is 2. The number of nitrogens with zero attached hydrogens (tertiary/aromatic N) is 1. The average molecular weight is 585 g/mol. The molecule has 3 aromatic carbocycles. The van der Waals surface area contributed by atoms with E-state index in [1.807, 2.05) is 74.5 Å². The molecule has 1 aliphatic carbocycles. The normalized spacial score (nSPS) is 22.8. The number of ether oxygens (including phenoxy) is 2. The van der Waals surface area contributed by atoms with Crippen molar-refractivity contribution in [1.82, 2.24) is 10.2 Å². The molecular weight excluding hydrogens is 540 g/mol. The second kappa shape index (κ2) is 13.3. The van der Waals surface area contributed by atoms with Crippen LogP contribution in [0.15, 0.2) is 78.9 Å². The third kappa shape index (κ3) is 6.34. The highest BCUT2D eigenvalue weighted by Crippen LogP contribution is 2.47. The molecule has 0 aromatic heterocycles. The Morgan fingerprint density at radius 2 is 1.56 bits per heavy atom. The lowest BCUT2D eigenvalue weighted by molar-refractivity contribution is -0.156. The molecule has 7 nitrogen and oxygen atoms in total. The molecule has 0 spiro atoms. The van der Waals surface area contributed by atoms with E-state index in [-0.39, 0.29) is 11.8 Å². The number of nitrogens with one attached hydrogen (secondary N) is 1. The molecule has 4 atom stereocenters. The summed E-state index contributed by atoms with van der Waals surface area (Å²) in [4.78, 5) is 29.2. The number of hydrogen-bond acceptors (Lipinski definition) is 5. The number of rotatable bonds is 10. The third-order valence-electron chi connectivity index (χ3n) is 9.51. The number of carbonyl (C=O) groups is 2. The van der Waals surface area contributed by atoms with Crippen LogP contribution in [0.25, 0.3) is 11.1 Å². The van der Waals surface area contributed by atoms with Gasteiger partial charge in [0.1, 0.15) is 11.8 Å². The molecule has 1 saturated carbocycles. The first-order valence-corrected chi connectivity index (χ1v) is 15.4. The van der Waals surface area contributed by atoms with Crippen molar-refractivity contribution in [3.05, 3.63) is 90.0 Å². The van der Waals surface area contributed by atoms with Crippen LogP contribution < -0.4 is 10.1 Å². The Kier molecular flexibility index (Phi) is 9.52. The summed E-state index contributed by atoms with van der Waals surface area (Å²) in [5.41, 5.74) is 3.19. The van der Waals surface area contributed by atoms with Gasteiger partial charge in [0.15, 0.2) is 0 Å². The molecule has 2 aliphatic rings. The summed E-state index contributed by atoms with van der Waals surface area (Å²) in [6, 6.07) is 24.2. The van der Waals surface area contributed by atoms with Gasteiger partial charge in [-0.15, -0.1) is 0 Å². The minimum Gasteiger partial charge on any atom is -0.496 e. The Hall–Kier alpha value is -3.68. The fraction of sp³-hybridized carbons (Fsp3) is 0.444. The van der Waals surface area contributed by atoms with Crippen LogP contribution in [0, 0.1) is 11.8 Å². The summed E-state index contributed by atoms with van der Waals surface area (Å²) in [5.74, 6) is -1.03. The van der Waals surface area contributed by atoms with Crippen molar-refractivity contribution >= 4 is 11.9 Å². The van der Waals surface area contributed by atoms with Gasteiger partial charge >= 0.3 is 5.97 Å². The van der Waals surface area contributed by atoms with Crippen molar-refractivity contribution in [3.63, 3.8) is 0 Å². The predicted molar refractivity (Wildman–Crippen MR) is 168 cm³/mol. The maximum atomic E-state index is 14.4. The fourth-order valence-corrected chi connectivity index (χ4v) is 7.18. The van der Waals surface area contributed by atoms with E-state index in [1.165, 1.54) is 0 Å². The van der Waals surface area contributed by atoms with Crippen LogP contribution in [0.2, 0.25) is 0 Å². The molecule has 0 unspecified atom stereocenters. The van der Waals surface area contributed by atoms with E-state index < -0.39 is 35.6 Å². The van der Waals surface area contributed by atoms with Gasteiger partial charge in [0.25, 0.3) is 0 Å². The van der Waals surface area contributed by atoms with Crippen LogP contribution in [0.3, 0.4) is 0 Å². The monoisotopic (exact) mass is 584 g/mol. The first-order valence-electron chi connectivity index (χ1n) is 15.4. The zero-order chi connectivity index (χ0) is 30.6. The van der Waals surface area contributed by atoms with E-state index in [0.29, 0.717) is 6.54 Å². The van der Waals surface area contributed by atoms with Crippen LogP contribution in [0.4, 0.5) is 0 Å². The molecule has 1 heterocycles. The summed E-state index contributed by atoms with van der Waals surface area (Å²) in [6.45, 7) is 4.27. The van der Waals surface area contributed by atoms with E-state index in [1.54, 1.807) is 19.1 Å². The maximum Gasteiger partial charge on any atom is 0.326 e. The van der Waals surface area contributed by atoms with Crippen LogP contribution in [-0.4, -0.2) is 53.8 Å². The van der Waals surface area contributed by atoms with Crippen molar-refractivity contribution in [3.8, 4) is 16.9 Å². The largest absolute Gasteiger partial charge is 0.496 e. The van der Waals surface area contributed by atoms with Crippen molar-refractivity contribution in [2.75, 3.05) is 14.2 Å². The SMILES string of the molecule is COc1ccc(-c2ccccc2)cc1CN[C@H]1[C@H](C(C)(C)OC)[C@@H](C(=O)O)N(C(=O)C2CCCCC2)[C@H]1c1ccccc1. The smallest absolute Gasteiger partial charge is 0.326 e. The topological polar surface area (TPSA) is 88.1 Å². The van der Waals surface area contributed by atoms with Crippen molar-refractivity contribution in [2.24, 2.45) is 11.8 Å². The maximum absolute atomic E-state index is 14.4. The van der Waals surface area contributed by atoms with Crippen LogP contribution in [0.5, 0.6) is 5.75 Å². The lowest BCUT2D eigenvalue weighted by atomic mass is 9.79. The summed E-state index contributed by atoms with van der Waals surface area (Å²) in [5, 5.41) is 14.5. The van der Waals surface area contributed by atoms with Gasteiger partial charge in [0.2, 0.25) is 5.91 Å². The fourth-order valence-electron chi connectivity index (χ4n) is 7.18. The number of benzene rings is 3. The lowest BCUT2D eigenvalue weighted by Crippen LogP contribution is -2.53. The Balaban J connectivity index is 1.59. The highest BCUT2D eigenvalue weighted by molar-refractivity contribution is 5.87. The molecule has 2 fully saturated rings. The van der Waals surface area contributed by atoms with E-state index in [9.17, 15) is 14.7 Å². The second-order valence-corrected chi connectivity index (χ2v) is 12.4. The Morgan fingerprint density at radius 1 is 0.907 bits per heavy atom. The summed E-state index contributed by atoms with van der Waals surface area (Å²) in [7, 11) is 3.27. The van der Waals surface area contributed by atoms with Gasteiger partial charge in [-0.25, -0.2) is 4.79 Å². The number of methoxy groups -OCH3 is 2. The highest BCUT2D eigenvalue weighted by atomic mass is 16.5. The average Bonchev–Trinajstić information content (AvgIpc) is 3.41. The van der Waals surface area contributed by atoms with Gasteiger partial charge in [-0.1, -0.05) is 86.0 Å². The first kappa shape index (κ1) is 30.8. The van der Waals surface area contributed by atoms with Crippen molar-refractivity contribution < 1.29 is 24.2 Å². The quantitative estimate of drug-likeness (QED) is 0.284. The number of likely N-dealkylation sites (tertiary alicyclic amines) is 1. The molecule has 1 saturated heterocycles. The third-order valence-corrected chi connectivity index (χ3v) is 9.51. The first-order chi connectivity index (χ1) is 20.8. The molecular formula is C36H44N2O5. The van der Waals surface area contributed by atoms with Gasteiger partial charge < -0.3 is 24.8 Å². The van der Waals surface area contributed by atoms with Gasteiger partial charge in [0, 0.05) is 37.1 Å². The second-order valence-electron chi connectivity index (χ2n) is 12.4. The van der Waals surface area contributed by atoms with Crippen LogP contribution >= 0.6 is 0 Å². The van der Waals surface area contributed by atoms with Crippen LogP contribution in [0.1, 0.15) is 63.1 Å². The number of aliphatic carboxylic acids is 1. The van der Waals surface area contributed by atoms with Gasteiger partial charge in [0.05, 0.1) is 18.8 Å².